The number of nitrogens with two attached hydrogens (primary N) is 1. The van der Waals surface area contributed by atoms with E-state index in [1.165, 1.54) is 46.3 Å². The lowest BCUT2D eigenvalue weighted by Crippen LogP contribution is -1.99. The number of nitrogens with zero attached hydrogens (tertiary/aromatic N) is 2. The molecular formula is C17H19N3S. The number of aromatic nitrogens is 2. The smallest absolute Gasteiger partial charge is 0.106 e. The maximum atomic E-state index is 6.33. The predicted molar refractivity (Wildman–Crippen MR) is 89.8 cm³/mol. The van der Waals surface area contributed by atoms with Crippen LogP contribution in [0.1, 0.15) is 29.1 Å². The largest absolute Gasteiger partial charge is 0.390 e. The van der Waals surface area contributed by atoms with Crippen molar-refractivity contribution in [2.75, 3.05) is 5.73 Å². The molecule has 4 heteroatoms. The van der Waals surface area contributed by atoms with Crippen LogP contribution >= 0.6 is 11.3 Å². The maximum absolute atomic E-state index is 6.33. The Bertz CT molecular complexity index is 841. The zero-order chi connectivity index (χ0) is 14.6. The molecule has 1 aliphatic carbocycles. The SMILES string of the molecule is Cc1nc2cc(-c3c(N)sc4c3CCCC4)ccc2n1C. The van der Waals surface area contributed by atoms with E-state index in [9.17, 15) is 0 Å². The molecule has 0 saturated heterocycles. The predicted octanol–water partition coefficient (Wildman–Crippen LogP) is 4.07. The average molecular weight is 297 g/mol. The number of hydrogen-bond donors (Lipinski definition) is 1. The van der Waals surface area contributed by atoms with Crippen LogP contribution in [0.3, 0.4) is 0 Å². The number of rotatable bonds is 1. The minimum Gasteiger partial charge on any atom is -0.390 e. The molecule has 2 heterocycles. The molecule has 21 heavy (non-hydrogen) atoms. The fraction of sp³-hybridized carbons (Fsp3) is 0.353. The minimum atomic E-state index is 0.967. The van der Waals surface area contributed by atoms with E-state index in [0.29, 0.717) is 0 Å². The summed E-state index contributed by atoms with van der Waals surface area (Å²) in [4.78, 5) is 6.14. The number of benzene rings is 1. The van der Waals surface area contributed by atoms with Gasteiger partial charge in [0.2, 0.25) is 0 Å². The lowest BCUT2D eigenvalue weighted by atomic mass is 9.92. The highest BCUT2D eigenvalue weighted by Gasteiger charge is 2.20. The van der Waals surface area contributed by atoms with Gasteiger partial charge in [0.25, 0.3) is 0 Å². The first-order valence-corrected chi connectivity index (χ1v) is 8.30. The van der Waals surface area contributed by atoms with Crippen LogP contribution in [0.4, 0.5) is 5.00 Å². The fourth-order valence-corrected chi connectivity index (χ4v) is 4.56. The second-order valence-corrected chi connectivity index (χ2v) is 7.01. The summed E-state index contributed by atoms with van der Waals surface area (Å²) in [7, 11) is 2.06. The first-order chi connectivity index (χ1) is 10.1. The molecule has 0 unspecified atom stereocenters. The Morgan fingerprint density at radius 1 is 1.24 bits per heavy atom. The third kappa shape index (κ3) is 1.89. The van der Waals surface area contributed by atoms with Crippen LogP contribution in [0.25, 0.3) is 22.2 Å². The molecule has 4 rings (SSSR count). The minimum absolute atomic E-state index is 0.967. The lowest BCUT2D eigenvalue weighted by molar-refractivity contribution is 0.698. The Hall–Kier alpha value is -1.81. The van der Waals surface area contributed by atoms with Gasteiger partial charge in [-0.15, -0.1) is 11.3 Å². The molecule has 0 radical (unpaired) electrons. The molecule has 1 aromatic carbocycles. The summed E-state index contributed by atoms with van der Waals surface area (Å²) < 4.78 is 2.13. The van der Waals surface area contributed by atoms with Crippen LogP contribution in [0.2, 0.25) is 0 Å². The van der Waals surface area contributed by atoms with Gasteiger partial charge >= 0.3 is 0 Å². The number of anilines is 1. The van der Waals surface area contributed by atoms with E-state index in [1.807, 2.05) is 6.92 Å². The zero-order valence-electron chi connectivity index (χ0n) is 12.4. The van der Waals surface area contributed by atoms with Gasteiger partial charge in [-0.1, -0.05) is 6.07 Å². The van der Waals surface area contributed by atoms with Gasteiger partial charge in [0.05, 0.1) is 16.0 Å². The van der Waals surface area contributed by atoms with E-state index in [-0.39, 0.29) is 0 Å². The summed E-state index contributed by atoms with van der Waals surface area (Å²) in [6, 6.07) is 6.55. The molecule has 2 N–H and O–H groups in total. The molecule has 0 atom stereocenters. The van der Waals surface area contributed by atoms with Crippen molar-refractivity contribution < 1.29 is 0 Å². The quantitative estimate of drug-likeness (QED) is 0.735. The summed E-state index contributed by atoms with van der Waals surface area (Å²) in [6.07, 6.45) is 4.93. The van der Waals surface area contributed by atoms with Gasteiger partial charge < -0.3 is 10.3 Å². The third-order valence-electron chi connectivity index (χ3n) is 4.59. The normalized spacial score (nSPS) is 14.6. The van der Waals surface area contributed by atoms with Crippen molar-refractivity contribution in [2.45, 2.75) is 32.6 Å². The zero-order valence-corrected chi connectivity index (χ0v) is 13.3. The van der Waals surface area contributed by atoms with Crippen LogP contribution < -0.4 is 5.73 Å². The molecule has 0 bridgehead atoms. The van der Waals surface area contributed by atoms with Crippen LogP contribution in [0, 0.1) is 6.92 Å². The number of fused-ring (bicyclic) bond motifs is 2. The van der Waals surface area contributed by atoms with Crippen molar-refractivity contribution in [1.29, 1.82) is 0 Å². The molecule has 2 aromatic heterocycles. The maximum Gasteiger partial charge on any atom is 0.106 e. The van der Waals surface area contributed by atoms with E-state index < -0.39 is 0 Å². The highest BCUT2D eigenvalue weighted by molar-refractivity contribution is 7.16. The van der Waals surface area contributed by atoms with Gasteiger partial charge in [0.15, 0.2) is 0 Å². The Morgan fingerprint density at radius 3 is 2.90 bits per heavy atom. The summed E-state index contributed by atoms with van der Waals surface area (Å²) in [5, 5.41) is 0.967. The van der Waals surface area contributed by atoms with Crippen LogP contribution in [0.5, 0.6) is 0 Å². The van der Waals surface area contributed by atoms with Crippen LogP contribution in [-0.2, 0) is 19.9 Å². The van der Waals surface area contributed by atoms with Crippen molar-refractivity contribution in [2.24, 2.45) is 7.05 Å². The summed E-state index contributed by atoms with van der Waals surface area (Å²) in [5.41, 5.74) is 12.5. The van der Waals surface area contributed by atoms with Gasteiger partial charge in [0, 0.05) is 17.5 Å². The molecule has 0 amide bonds. The molecule has 108 valence electrons. The summed E-state index contributed by atoms with van der Waals surface area (Å²) in [6.45, 7) is 2.04. The van der Waals surface area contributed by atoms with Gasteiger partial charge in [-0.2, -0.15) is 0 Å². The number of imidazole rings is 1. The van der Waals surface area contributed by atoms with E-state index in [4.69, 9.17) is 5.73 Å². The standard InChI is InChI=1S/C17H19N3S/c1-10-19-13-9-11(7-8-14(13)20(10)2)16-12-5-3-4-6-15(12)21-17(16)18/h7-9H,3-6,18H2,1-2H3. The highest BCUT2D eigenvalue weighted by atomic mass is 32.1. The summed E-state index contributed by atoms with van der Waals surface area (Å²) >= 11 is 1.78. The van der Waals surface area contributed by atoms with Gasteiger partial charge in [-0.3, -0.25) is 0 Å². The molecular weight excluding hydrogens is 278 g/mol. The second kappa shape index (κ2) is 4.60. The molecule has 3 aromatic rings. The molecule has 3 nitrogen and oxygen atoms in total. The van der Waals surface area contributed by atoms with Gasteiger partial charge in [-0.05, 0) is 55.9 Å². The molecule has 0 spiro atoms. The number of aryl methyl sites for hydroxylation is 3. The fourth-order valence-electron chi connectivity index (χ4n) is 3.38. The van der Waals surface area contributed by atoms with Crippen molar-refractivity contribution >= 4 is 27.4 Å². The molecule has 0 aliphatic heterocycles. The summed E-state index contributed by atoms with van der Waals surface area (Å²) in [5.74, 6) is 1.04. The van der Waals surface area contributed by atoms with E-state index in [2.05, 4.69) is 34.8 Å². The monoisotopic (exact) mass is 297 g/mol. The number of thiophene rings is 1. The Kier molecular flexibility index (Phi) is 2.82. The van der Waals surface area contributed by atoms with Crippen molar-refractivity contribution in [3.8, 4) is 11.1 Å². The third-order valence-corrected chi connectivity index (χ3v) is 5.71. The van der Waals surface area contributed by atoms with Crippen molar-refractivity contribution in [3.63, 3.8) is 0 Å². The first kappa shape index (κ1) is 12.9. The van der Waals surface area contributed by atoms with Crippen molar-refractivity contribution in [3.05, 3.63) is 34.5 Å². The highest BCUT2D eigenvalue weighted by Crippen LogP contribution is 2.43. The van der Waals surface area contributed by atoms with Crippen LogP contribution in [-0.4, -0.2) is 9.55 Å². The van der Waals surface area contributed by atoms with Gasteiger partial charge in [-0.25, -0.2) is 4.98 Å². The van der Waals surface area contributed by atoms with Crippen molar-refractivity contribution in [1.82, 2.24) is 9.55 Å². The molecule has 0 fully saturated rings. The first-order valence-electron chi connectivity index (χ1n) is 7.48. The Labute approximate surface area is 128 Å². The Morgan fingerprint density at radius 2 is 2.05 bits per heavy atom. The van der Waals surface area contributed by atoms with E-state index in [0.717, 1.165) is 22.8 Å². The average Bonchev–Trinajstić information content (AvgIpc) is 2.95. The molecule has 1 aliphatic rings. The van der Waals surface area contributed by atoms with Crippen LogP contribution in [0.15, 0.2) is 18.2 Å². The second-order valence-electron chi connectivity index (χ2n) is 5.87. The van der Waals surface area contributed by atoms with E-state index >= 15 is 0 Å². The Balaban J connectivity index is 1.92. The van der Waals surface area contributed by atoms with E-state index in [1.54, 1.807) is 11.3 Å². The topological polar surface area (TPSA) is 43.8 Å². The lowest BCUT2D eigenvalue weighted by Gasteiger charge is -2.13. The number of nitrogen functional groups attached to an aromatic ring is 1. The number of hydrogen-bond acceptors (Lipinski definition) is 3. The molecule has 0 saturated carbocycles. The van der Waals surface area contributed by atoms with Gasteiger partial charge in [0.1, 0.15) is 5.82 Å².